The fourth-order valence-corrected chi connectivity index (χ4v) is 1.97. The molecule has 1 N–H and O–H groups in total. The summed E-state index contributed by atoms with van der Waals surface area (Å²) in [6.07, 6.45) is 0. The molecule has 0 spiro atoms. The van der Waals surface area contributed by atoms with Crippen LogP contribution in [0.1, 0.15) is 21.5 Å². The monoisotopic (exact) mass is 266 g/mol. The maximum absolute atomic E-state index is 12.4. The number of amides is 1. The van der Waals surface area contributed by atoms with Crippen molar-refractivity contribution in [2.45, 2.75) is 6.92 Å². The second-order valence-electron chi connectivity index (χ2n) is 4.51. The van der Waals surface area contributed by atoms with Crippen molar-refractivity contribution in [3.05, 3.63) is 59.2 Å². The molecule has 0 aromatic heterocycles. The first-order valence-corrected chi connectivity index (χ1v) is 6.11. The van der Waals surface area contributed by atoms with Crippen molar-refractivity contribution in [2.24, 2.45) is 0 Å². The van der Waals surface area contributed by atoms with Crippen molar-refractivity contribution in [3.63, 3.8) is 0 Å². The quantitative estimate of drug-likeness (QED) is 0.909. The molecule has 0 aliphatic heterocycles. The molecule has 0 bridgehead atoms. The van der Waals surface area contributed by atoms with Gasteiger partial charge in [0.1, 0.15) is 11.8 Å². The Kier molecular flexibility index (Phi) is 3.72. The third-order valence-corrected chi connectivity index (χ3v) is 3.07. The Labute approximate surface area is 117 Å². The van der Waals surface area contributed by atoms with Gasteiger partial charge in [-0.05, 0) is 36.8 Å². The molecule has 0 unspecified atom stereocenters. The van der Waals surface area contributed by atoms with E-state index >= 15 is 0 Å². The minimum absolute atomic E-state index is 0.0590. The summed E-state index contributed by atoms with van der Waals surface area (Å²) in [5, 5.41) is 18.9. The van der Waals surface area contributed by atoms with Gasteiger partial charge in [0.2, 0.25) is 0 Å². The lowest BCUT2D eigenvalue weighted by Gasteiger charge is -2.19. The lowest BCUT2D eigenvalue weighted by Crippen LogP contribution is -2.27. The first kappa shape index (κ1) is 13.6. The molecule has 20 heavy (non-hydrogen) atoms. The van der Waals surface area contributed by atoms with Gasteiger partial charge in [0.25, 0.3) is 5.91 Å². The Morgan fingerprint density at radius 2 is 1.95 bits per heavy atom. The second-order valence-corrected chi connectivity index (χ2v) is 4.51. The molecule has 0 heterocycles. The van der Waals surface area contributed by atoms with E-state index in [2.05, 4.69) is 6.07 Å². The summed E-state index contributed by atoms with van der Waals surface area (Å²) in [7, 11) is 1.58. The van der Waals surface area contributed by atoms with Crippen molar-refractivity contribution in [1.82, 2.24) is 0 Å². The molecule has 0 saturated carbocycles. The number of hydrogen-bond donors (Lipinski definition) is 1. The van der Waals surface area contributed by atoms with E-state index < -0.39 is 0 Å². The Balaban J connectivity index is 2.41. The summed E-state index contributed by atoms with van der Waals surface area (Å²) in [4.78, 5) is 13.8. The van der Waals surface area contributed by atoms with Gasteiger partial charge in [-0.1, -0.05) is 18.2 Å². The van der Waals surface area contributed by atoms with Crippen molar-refractivity contribution in [1.29, 1.82) is 5.26 Å². The number of benzene rings is 2. The number of nitriles is 1. The molecule has 2 aromatic rings. The number of hydrogen-bond acceptors (Lipinski definition) is 3. The van der Waals surface area contributed by atoms with Crippen molar-refractivity contribution in [3.8, 4) is 11.8 Å². The minimum Gasteiger partial charge on any atom is -0.507 e. The third-order valence-electron chi connectivity index (χ3n) is 3.07. The maximum atomic E-state index is 12.4. The van der Waals surface area contributed by atoms with E-state index in [1.165, 1.54) is 11.0 Å². The molecule has 2 aromatic carbocycles. The summed E-state index contributed by atoms with van der Waals surface area (Å²) in [5.41, 5.74) is 2.01. The zero-order valence-electron chi connectivity index (χ0n) is 11.3. The molecular weight excluding hydrogens is 252 g/mol. The molecular formula is C16H14N2O2. The van der Waals surface area contributed by atoms with Gasteiger partial charge in [-0.3, -0.25) is 4.79 Å². The lowest BCUT2D eigenvalue weighted by atomic mass is 10.1. The van der Waals surface area contributed by atoms with Gasteiger partial charge >= 0.3 is 0 Å². The van der Waals surface area contributed by atoms with Crippen LogP contribution < -0.4 is 4.90 Å². The smallest absolute Gasteiger partial charge is 0.261 e. The number of aryl methyl sites for hydroxylation is 1. The fourth-order valence-electron chi connectivity index (χ4n) is 1.97. The molecule has 4 heteroatoms. The van der Waals surface area contributed by atoms with Gasteiger partial charge < -0.3 is 10.0 Å². The summed E-state index contributed by atoms with van der Waals surface area (Å²) >= 11 is 0. The van der Waals surface area contributed by atoms with Crippen LogP contribution in [0, 0.1) is 18.3 Å². The van der Waals surface area contributed by atoms with Crippen LogP contribution in [0.3, 0.4) is 0 Å². The highest BCUT2D eigenvalue weighted by atomic mass is 16.3. The number of phenolic OH excluding ortho intramolecular Hbond substituents is 1. The normalized spacial score (nSPS) is 9.85. The van der Waals surface area contributed by atoms with E-state index in [1.54, 1.807) is 43.4 Å². The highest BCUT2D eigenvalue weighted by Crippen LogP contribution is 2.24. The molecule has 0 atom stereocenters. The number of anilines is 1. The van der Waals surface area contributed by atoms with Gasteiger partial charge in [0.15, 0.2) is 0 Å². The number of para-hydroxylation sites is 1. The summed E-state index contributed by atoms with van der Waals surface area (Å²) in [6, 6.07) is 13.8. The Morgan fingerprint density at radius 3 is 2.60 bits per heavy atom. The van der Waals surface area contributed by atoms with Crippen LogP contribution in [0.4, 0.5) is 5.69 Å². The van der Waals surface area contributed by atoms with E-state index in [0.29, 0.717) is 11.3 Å². The van der Waals surface area contributed by atoms with Gasteiger partial charge in [-0.2, -0.15) is 5.26 Å². The molecule has 0 radical (unpaired) electrons. The number of carbonyl (C=O) groups excluding carboxylic acids is 1. The highest BCUT2D eigenvalue weighted by Gasteiger charge is 2.19. The van der Waals surface area contributed by atoms with Crippen LogP contribution in [0.15, 0.2) is 42.5 Å². The van der Waals surface area contributed by atoms with Gasteiger partial charge in [-0.15, -0.1) is 0 Å². The summed E-state index contributed by atoms with van der Waals surface area (Å²) in [6.45, 7) is 1.84. The third kappa shape index (κ3) is 2.47. The zero-order chi connectivity index (χ0) is 14.7. The largest absolute Gasteiger partial charge is 0.507 e. The fraction of sp³-hybridized carbons (Fsp3) is 0.125. The van der Waals surface area contributed by atoms with Crippen molar-refractivity contribution >= 4 is 11.6 Å². The number of nitrogens with zero attached hydrogens (tertiary/aromatic N) is 2. The average molecular weight is 266 g/mol. The van der Waals surface area contributed by atoms with E-state index in [4.69, 9.17) is 5.26 Å². The van der Waals surface area contributed by atoms with E-state index in [-0.39, 0.29) is 17.2 Å². The van der Waals surface area contributed by atoms with E-state index in [1.807, 2.05) is 6.92 Å². The van der Waals surface area contributed by atoms with Crippen LogP contribution in [-0.2, 0) is 0 Å². The predicted octanol–water partition coefficient (Wildman–Crippen LogP) is 2.85. The number of aromatic hydroxyl groups is 1. The minimum atomic E-state index is -0.356. The van der Waals surface area contributed by atoms with Crippen molar-refractivity contribution < 1.29 is 9.90 Å². The Hall–Kier alpha value is -2.80. The maximum Gasteiger partial charge on any atom is 0.261 e. The first-order valence-electron chi connectivity index (χ1n) is 6.11. The zero-order valence-corrected chi connectivity index (χ0v) is 11.3. The summed E-state index contributed by atoms with van der Waals surface area (Å²) < 4.78 is 0. The lowest BCUT2D eigenvalue weighted by molar-refractivity contribution is 0.0990. The van der Waals surface area contributed by atoms with Crippen molar-refractivity contribution in [2.75, 3.05) is 11.9 Å². The predicted molar refractivity (Wildman–Crippen MR) is 76.7 cm³/mol. The van der Waals surface area contributed by atoms with Crippen LogP contribution in [0.5, 0.6) is 5.75 Å². The standard InChI is InChI=1S/C16H14N2O2/c1-11-7-8-13(15(19)9-11)16(20)18(2)14-6-4-3-5-12(14)10-17/h3-9,19H,1-2H3. The van der Waals surface area contributed by atoms with Gasteiger partial charge in [0, 0.05) is 7.05 Å². The molecule has 0 aliphatic rings. The van der Waals surface area contributed by atoms with Gasteiger partial charge in [-0.25, -0.2) is 0 Å². The van der Waals surface area contributed by atoms with Crippen LogP contribution in [-0.4, -0.2) is 18.1 Å². The van der Waals surface area contributed by atoms with Crippen LogP contribution in [0.25, 0.3) is 0 Å². The second kappa shape index (κ2) is 5.45. The molecule has 4 nitrogen and oxygen atoms in total. The molecule has 100 valence electrons. The molecule has 1 amide bonds. The van der Waals surface area contributed by atoms with Crippen LogP contribution >= 0.6 is 0 Å². The Morgan fingerprint density at radius 1 is 1.25 bits per heavy atom. The topological polar surface area (TPSA) is 64.3 Å². The SMILES string of the molecule is Cc1ccc(C(=O)N(C)c2ccccc2C#N)c(O)c1. The average Bonchev–Trinajstić information content (AvgIpc) is 2.45. The molecule has 0 aliphatic carbocycles. The van der Waals surface area contributed by atoms with Crippen LogP contribution in [0.2, 0.25) is 0 Å². The van der Waals surface area contributed by atoms with E-state index in [0.717, 1.165) is 5.56 Å². The highest BCUT2D eigenvalue weighted by molar-refractivity contribution is 6.08. The summed E-state index contributed by atoms with van der Waals surface area (Å²) in [5.74, 6) is -0.415. The number of carbonyl (C=O) groups is 1. The number of phenols is 1. The number of rotatable bonds is 2. The Bertz CT molecular complexity index is 702. The van der Waals surface area contributed by atoms with Gasteiger partial charge in [0.05, 0.1) is 16.8 Å². The molecule has 2 rings (SSSR count). The first-order chi connectivity index (χ1) is 9.54. The van der Waals surface area contributed by atoms with E-state index in [9.17, 15) is 9.90 Å². The molecule has 0 fully saturated rings. The molecule has 0 saturated heterocycles.